The zero-order valence-electron chi connectivity index (χ0n) is 20.8. The first-order valence-corrected chi connectivity index (χ1v) is 13.1. The average Bonchev–Trinajstić information content (AvgIpc) is 3.19. The molecule has 0 spiro atoms. The molecular weight excluding hydrogens is 456 g/mol. The maximum Gasteiger partial charge on any atom is 0.277 e. The Morgan fingerprint density at radius 2 is 1.58 bits per heavy atom. The topological polar surface area (TPSA) is 114 Å². The molecule has 3 N–H and O–H groups in total. The number of aliphatic hydroxyl groups excluding tert-OH is 1. The summed E-state index contributed by atoms with van der Waals surface area (Å²) in [6.07, 6.45) is 7.28. The fourth-order valence-electron chi connectivity index (χ4n) is 5.05. The van der Waals surface area contributed by atoms with Crippen molar-refractivity contribution in [2.24, 2.45) is 0 Å². The van der Waals surface area contributed by atoms with Crippen LogP contribution in [0.4, 0.5) is 17.5 Å². The lowest BCUT2D eigenvalue weighted by atomic mass is 10.1. The van der Waals surface area contributed by atoms with Crippen LogP contribution in [0.15, 0.2) is 35.3 Å². The van der Waals surface area contributed by atoms with Gasteiger partial charge in [0.05, 0.1) is 12.8 Å². The first-order chi connectivity index (χ1) is 17.7. The summed E-state index contributed by atoms with van der Waals surface area (Å²) in [4.78, 5) is 29.1. The number of benzene rings is 1. The number of piperazine rings is 1. The summed E-state index contributed by atoms with van der Waals surface area (Å²) in [5.41, 5.74) is 2.41. The zero-order valence-corrected chi connectivity index (χ0v) is 20.8. The van der Waals surface area contributed by atoms with Crippen LogP contribution in [0.3, 0.4) is 0 Å². The molecule has 0 saturated carbocycles. The van der Waals surface area contributed by atoms with Crippen molar-refractivity contribution in [1.29, 1.82) is 0 Å². The molecular formula is C26H36N8O2. The highest BCUT2D eigenvalue weighted by molar-refractivity contribution is 5.90. The number of hydrogen-bond donors (Lipinski definition) is 3. The van der Waals surface area contributed by atoms with Gasteiger partial charge in [-0.2, -0.15) is 10.1 Å². The molecule has 2 aliphatic heterocycles. The minimum atomic E-state index is -0.298. The predicted molar refractivity (Wildman–Crippen MR) is 142 cm³/mol. The molecule has 5 rings (SSSR count). The quantitative estimate of drug-likeness (QED) is 0.434. The Bertz CT molecular complexity index is 1180. The number of aromatic nitrogens is 4. The van der Waals surface area contributed by atoms with Gasteiger partial charge in [-0.3, -0.25) is 9.69 Å². The number of hydrogen-bond acceptors (Lipinski definition) is 9. The molecule has 2 aromatic heterocycles. The number of aromatic amines is 1. The van der Waals surface area contributed by atoms with Crippen LogP contribution >= 0.6 is 0 Å². The highest BCUT2D eigenvalue weighted by Gasteiger charge is 2.18. The normalized spacial score (nSPS) is 17.9. The van der Waals surface area contributed by atoms with Crippen LogP contribution in [0.5, 0.6) is 0 Å². The third-order valence-electron chi connectivity index (χ3n) is 7.21. The third-order valence-corrected chi connectivity index (χ3v) is 7.21. The van der Waals surface area contributed by atoms with Gasteiger partial charge < -0.3 is 20.2 Å². The zero-order chi connectivity index (χ0) is 24.7. The molecule has 0 atom stereocenters. The molecule has 10 nitrogen and oxygen atoms in total. The molecule has 0 bridgehead atoms. The Morgan fingerprint density at radius 3 is 2.28 bits per heavy atom. The molecule has 1 aromatic carbocycles. The Morgan fingerprint density at radius 1 is 0.889 bits per heavy atom. The van der Waals surface area contributed by atoms with Crippen LogP contribution in [0.1, 0.15) is 31.2 Å². The van der Waals surface area contributed by atoms with E-state index in [2.05, 4.69) is 47.3 Å². The van der Waals surface area contributed by atoms with E-state index >= 15 is 0 Å². The van der Waals surface area contributed by atoms with Crippen LogP contribution in [0, 0.1) is 0 Å². The van der Waals surface area contributed by atoms with Crippen molar-refractivity contribution in [1.82, 2.24) is 30.0 Å². The largest absolute Gasteiger partial charge is 0.395 e. The standard InChI is InChI=1S/C26H36N8O2/c35-18-17-33-15-13-32(14-16-33)12-9-20-5-7-21(8-6-20)28-24-23-22(19-27-31-25(23)36)29-26(30-24)34-10-3-1-2-4-11-34/h5-8,19,35H,1-4,9-18H2,(H,31,36)(H,28,29,30). The van der Waals surface area contributed by atoms with E-state index in [1.807, 2.05) is 12.1 Å². The SMILES string of the molecule is O=c1[nH]ncc2nc(N3CCCCCC3)nc(Nc3ccc(CCN4CCN(CCO)CC4)cc3)c12. The lowest BCUT2D eigenvalue weighted by molar-refractivity contribution is 0.113. The van der Waals surface area contributed by atoms with E-state index in [-0.39, 0.29) is 12.2 Å². The first kappa shape index (κ1) is 24.6. The van der Waals surface area contributed by atoms with Crippen molar-refractivity contribution in [3.05, 3.63) is 46.4 Å². The minimum Gasteiger partial charge on any atom is -0.395 e. The van der Waals surface area contributed by atoms with E-state index in [1.54, 1.807) is 6.20 Å². The van der Waals surface area contributed by atoms with Crippen LogP contribution in [-0.2, 0) is 6.42 Å². The van der Waals surface area contributed by atoms with E-state index < -0.39 is 0 Å². The highest BCUT2D eigenvalue weighted by Crippen LogP contribution is 2.25. The average molecular weight is 493 g/mol. The fourth-order valence-corrected chi connectivity index (χ4v) is 5.05. The second-order valence-electron chi connectivity index (χ2n) is 9.71. The molecule has 0 radical (unpaired) electrons. The van der Waals surface area contributed by atoms with E-state index in [1.165, 1.54) is 18.4 Å². The molecule has 2 fully saturated rings. The molecule has 2 saturated heterocycles. The van der Waals surface area contributed by atoms with Gasteiger partial charge >= 0.3 is 0 Å². The minimum absolute atomic E-state index is 0.232. The van der Waals surface area contributed by atoms with Gasteiger partial charge in [-0.05, 0) is 37.0 Å². The highest BCUT2D eigenvalue weighted by atomic mass is 16.3. The lowest BCUT2D eigenvalue weighted by Crippen LogP contribution is -2.47. The van der Waals surface area contributed by atoms with Crippen LogP contribution in [0.25, 0.3) is 10.9 Å². The van der Waals surface area contributed by atoms with Gasteiger partial charge in [0.15, 0.2) is 0 Å². The maximum atomic E-state index is 12.6. The van der Waals surface area contributed by atoms with Gasteiger partial charge in [-0.25, -0.2) is 10.1 Å². The molecule has 10 heteroatoms. The Kier molecular flexibility index (Phi) is 8.04. The third kappa shape index (κ3) is 6.00. The van der Waals surface area contributed by atoms with Crippen molar-refractivity contribution in [2.45, 2.75) is 32.1 Å². The molecule has 2 aliphatic rings. The van der Waals surface area contributed by atoms with E-state index in [4.69, 9.17) is 10.1 Å². The summed E-state index contributed by atoms with van der Waals surface area (Å²) in [5.74, 6) is 1.16. The van der Waals surface area contributed by atoms with Crippen molar-refractivity contribution in [3.8, 4) is 0 Å². The summed E-state index contributed by atoms with van der Waals surface area (Å²) < 4.78 is 0. The summed E-state index contributed by atoms with van der Waals surface area (Å²) in [5, 5.41) is 19.4. The number of β-amino-alcohol motifs (C(OH)–C–C–N with tert-alkyl or cyclic N) is 1. The van der Waals surface area contributed by atoms with Crippen molar-refractivity contribution in [3.63, 3.8) is 0 Å². The molecule has 0 unspecified atom stereocenters. The number of anilines is 3. The Balaban J connectivity index is 1.28. The predicted octanol–water partition coefficient (Wildman–Crippen LogP) is 1.99. The number of aliphatic hydroxyl groups is 1. The van der Waals surface area contributed by atoms with Crippen molar-refractivity contribution >= 4 is 28.4 Å². The Labute approximate surface area is 211 Å². The summed E-state index contributed by atoms with van der Waals surface area (Å²) in [7, 11) is 0. The van der Waals surface area contributed by atoms with E-state index in [0.29, 0.717) is 22.7 Å². The van der Waals surface area contributed by atoms with Gasteiger partial charge in [-0.15, -0.1) is 0 Å². The smallest absolute Gasteiger partial charge is 0.277 e. The van der Waals surface area contributed by atoms with Gasteiger partial charge in [0, 0.05) is 58.0 Å². The molecule has 36 heavy (non-hydrogen) atoms. The first-order valence-electron chi connectivity index (χ1n) is 13.1. The van der Waals surface area contributed by atoms with Crippen molar-refractivity contribution < 1.29 is 5.11 Å². The van der Waals surface area contributed by atoms with E-state index in [0.717, 1.165) is 77.3 Å². The summed E-state index contributed by atoms with van der Waals surface area (Å²) in [6, 6.07) is 8.36. The van der Waals surface area contributed by atoms with Gasteiger partial charge in [0.2, 0.25) is 5.95 Å². The maximum absolute atomic E-state index is 12.6. The number of H-pyrrole nitrogens is 1. The number of nitrogens with one attached hydrogen (secondary N) is 2. The van der Waals surface area contributed by atoms with Gasteiger partial charge in [-0.1, -0.05) is 25.0 Å². The van der Waals surface area contributed by atoms with Crippen LogP contribution < -0.4 is 15.8 Å². The van der Waals surface area contributed by atoms with Crippen LogP contribution in [0.2, 0.25) is 0 Å². The molecule has 192 valence electrons. The summed E-state index contributed by atoms with van der Waals surface area (Å²) in [6.45, 7) is 8.00. The van der Waals surface area contributed by atoms with Crippen molar-refractivity contribution in [2.75, 3.05) is 69.2 Å². The Hall–Kier alpha value is -3.08. The van der Waals surface area contributed by atoms with Gasteiger partial charge in [0.1, 0.15) is 16.7 Å². The summed E-state index contributed by atoms with van der Waals surface area (Å²) >= 11 is 0. The number of fused-ring (bicyclic) bond motifs is 1. The monoisotopic (exact) mass is 492 g/mol. The molecule has 0 aliphatic carbocycles. The lowest BCUT2D eigenvalue weighted by Gasteiger charge is -2.34. The number of nitrogens with zero attached hydrogens (tertiary/aromatic N) is 6. The van der Waals surface area contributed by atoms with Gasteiger partial charge in [0.25, 0.3) is 5.56 Å². The second-order valence-corrected chi connectivity index (χ2v) is 9.71. The molecule has 3 aromatic rings. The second kappa shape index (κ2) is 11.8. The fraction of sp³-hybridized carbons (Fsp3) is 0.538. The molecule has 0 amide bonds. The van der Waals surface area contributed by atoms with E-state index in [9.17, 15) is 4.79 Å². The van der Waals surface area contributed by atoms with Crippen LogP contribution in [-0.4, -0.2) is 94.0 Å². The number of rotatable bonds is 8. The molecule has 4 heterocycles.